The third kappa shape index (κ3) is 11.6. The molecular weight excluding hydrogens is 212 g/mol. The van der Waals surface area contributed by atoms with Crippen molar-refractivity contribution in [2.45, 2.75) is 52.5 Å². The van der Waals surface area contributed by atoms with Gasteiger partial charge in [-0.2, -0.15) is 0 Å². The van der Waals surface area contributed by atoms with E-state index in [-0.39, 0.29) is 24.4 Å². The van der Waals surface area contributed by atoms with E-state index >= 15 is 0 Å². The normalized spacial score (nSPS) is 12.1. The smallest absolute Gasteiger partial charge is 0.221 e. The first-order valence-electron chi connectivity index (χ1n) is 5.55. The Balaban J connectivity index is 0. The number of halogens is 1. The van der Waals surface area contributed by atoms with E-state index in [0.717, 1.165) is 12.3 Å². The number of nitrogens with two attached hydrogens (primary N) is 1. The molecule has 0 saturated heterocycles. The third-order valence-electron chi connectivity index (χ3n) is 2.20. The lowest BCUT2D eigenvalue weighted by atomic mass is 10.0. The molecule has 0 spiro atoms. The molecule has 0 rings (SSSR count). The van der Waals surface area contributed by atoms with Gasteiger partial charge in [-0.1, -0.05) is 26.7 Å². The maximum atomic E-state index is 11.2. The summed E-state index contributed by atoms with van der Waals surface area (Å²) in [7, 11) is 0. The Kier molecular flexibility index (Phi) is 11.7. The molecule has 0 aliphatic carbocycles. The van der Waals surface area contributed by atoms with Crippen molar-refractivity contribution >= 4 is 18.3 Å². The van der Waals surface area contributed by atoms with Gasteiger partial charge in [0, 0.05) is 19.0 Å². The highest BCUT2D eigenvalue weighted by Gasteiger charge is 2.06. The van der Waals surface area contributed by atoms with Crippen molar-refractivity contribution in [2.75, 3.05) is 6.54 Å². The second kappa shape index (κ2) is 10.2. The summed E-state index contributed by atoms with van der Waals surface area (Å²) >= 11 is 0. The largest absolute Gasteiger partial charge is 0.354 e. The fourth-order valence-electron chi connectivity index (χ4n) is 1.38. The number of nitrogens with one attached hydrogen (secondary N) is 1. The Morgan fingerprint density at radius 3 is 2.33 bits per heavy atom. The molecule has 0 heterocycles. The fourth-order valence-corrected chi connectivity index (χ4v) is 1.38. The molecule has 0 radical (unpaired) electrons. The number of rotatable bonds is 7. The van der Waals surface area contributed by atoms with Crippen LogP contribution in [0.3, 0.4) is 0 Å². The van der Waals surface area contributed by atoms with Crippen molar-refractivity contribution < 1.29 is 4.79 Å². The molecule has 0 aromatic heterocycles. The Hall–Kier alpha value is -0.280. The summed E-state index contributed by atoms with van der Waals surface area (Å²) in [4.78, 5) is 11.2. The average molecular weight is 237 g/mol. The highest BCUT2D eigenvalue weighted by Crippen LogP contribution is 2.08. The zero-order valence-corrected chi connectivity index (χ0v) is 10.9. The molecule has 1 amide bonds. The van der Waals surface area contributed by atoms with Crippen LogP contribution in [0.2, 0.25) is 0 Å². The zero-order chi connectivity index (χ0) is 11.0. The molecule has 0 aliphatic heterocycles. The van der Waals surface area contributed by atoms with Crippen LogP contribution in [0.15, 0.2) is 0 Å². The highest BCUT2D eigenvalue weighted by atomic mass is 35.5. The van der Waals surface area contributed by atoms with Crippen molar-refractivity contribution in [1.29, 1.82) is 0 Å². The van der Waals surface area contributed by atoms with Gasteiger partial charge in [0.15, 0.2) is 0 Å². The molecule has 0 fully saturated rings. The summed E-state index contributed by atoms with van der Waals surface area (Å²) in [6.07, 6.45) is 3.92. The van der Waals surface area contributed by atoms with E-state index in [1.807, 2.05) is 0 Å². The quantitative estimate of drug-likeness (QED) is 0.711. The number of carbonyl (C=O) groups is 1. The lowest BCUT2D eigenvalue weighted by molar-refractivity contribution is -0.121. The van der Waals surface area contributed by atoms with Crippen molar-refractivity contribution in [3.63, 3.8) is 0 Å². The van der Waals surface area contributed by atoms with Gasteiger partial charge in [-0.05, 0) is 19.3 Å². The summed E-state index contributed by atoms with van der Waals surface area (Å²) in [5, 5.41) is 2.94. The molecule has 1 unspecified atom stereocenters. The van der Waals surface area contributed by atoms with Crippen LogP contribution in [0.25, 0.3) is 0 Å². The number of carbonyl (C=O) groups excluding carboxylic acids is 1. The van der Waals surface area contributed by atoms with Crippen molar-refractivity contribution in [2.24, 2.45) is 11.7 Å². The van der Waals surface area contributed by atoms with Crippen LogP contribution in [0.1, 0.15) is 46.5 Å². The Morgan fingerprint density at radius 1 is 1.27 bits per heavy atom. The summed E-state index contributed by atoms with van der Waals surface area (Å²) in [5.74, 6) is 0.825. The molecule has 0 aliphatic rings. The minimum atomic E-state index is 0. The molecule has 4 heteroatoms. The predicted molar refractivity (Wildman–Crippen MR) is 67.2 cm³/mol. The van der Waals surface area contributed by atoms with E-state index in [4.69, 9.17) is 5.73 Å². The summed E-state index contributed by atoms with van der Waals surface area (Å²) in [6.45, 7) is 6.93. The monoisotopic (exact) mass is 236 g/mol. The molecule has 0 bridgehead atoms. The van der Waals surface area contributed by atoms with Gasteiger partial charge in [-0.25, -0.2) is 0 Å². The molecule has 0 aromatic rings. The van der Waals surface area contributed by atoms with Gasteiger partial charge >= 0.3 is 0 Å². The van der Waals surface area contributed by atoms with Crippen LogP contribution in [0.4, 0.5) is 0 Å². The van der Waals surface area contributed by atoms with Gasteiger partial charge in [0.25, 0.3) is 0 Å². The molecule has 3 nitrogen and oxygen atoms in total. The van der Waals surface area contributed by atoms with E-state index in [0.29, 0.717) is 13.0 Å². The topological polar surface area (TPSA) is 55.1 Å². The molecule has 0 aromatic carbocycles. The molecule has 0 saturated carbocycles. The van der Waals surface area contributed by atoms with Crippen LogP contribution < -0.4 is 11.1 Å². The van der Waals surface area contributed by atoms with Crippen LogP contribution in [-0.2, 0) is 4.79 Å². The second-order valence-corrected chi connectivity index (χ2v) is 4.33. The van der Waals surface area contributed by atoms with Gasteiger partial charge in [-0.3, -0.25) is 4.79 Å². The van der Waals surface area contributed by atoms with Crippen molar-refractivity contribution in [3.8, 4) is 0 Å². The minimum absolute atomic E-state index is 0. The van der Waals surface area contributed by atoms with Gasteiger partial charge in [0.2, 0.25) is 5.91 Å². The summed E-state index contributed by atoms with van der Waals surface area (Å²) in [5.41, 5.74) is 5.28. The first kappa shape index (κ1) is 17.1. The van der Waals surface area contributed by atoms with E-state index in [1.165, 1.54) is 12.8 Å². The average Bonchev–Trinajstić information content (AvgIpc) is 2.03. The van der Waals surface area contributed by atoms with Gasteiger partial charge in [0.05, 0.1) is 0 Å². The van der Waals surface area contributed by atoms with E-state index in [1.54, 1.807) is 0 Å². The molecule has 15 heavy (non-hydrogen) atoms. The molecule has 1 atom stereocenters. The first-order valence-corrected chi connectivity index (χ1v) is 5.55. The van der Waals surface area contributed by atoms with Crippen molar-refractivity contribution in [3.05, 3.63) is 0 Å². The maximum Gasteiger partial charge on any atom is 0.221 e. The minimum Gasteiger partial charge on any atom is -0.354 e. The lowest BCUT2D eigenvalue weighted by Crippen LogP contribution is -2.33. The van der Waals surface area contributed by atoms with Crippen LogP contribution >= 0.6 is 12.4 Å². The third-order valence-corrected chi connectivity index (χ3v) is 2.20. The first-order chi connectivity index (χ1) is 6.56. The SMILES string of the molecule is CC(C)CCCC(C)NC(=O)CCN.Cl. The van der Waals surface area contributed by atoms with Crippen LogP contribution in [0.5, 0.6) is 0 Å². The number of hydrogen-bond donors (Lipinski definition) is 2. The maximum absolute atomic E-state index is 11.2. The number of hydrogen-bond acceptors (Lipinski definition) is 2. The lowest BCUT2D eigenvalue weighted by Gasteiger charge is -2.14. The van der Waals surface area contributed by atoms with Crippen LogP contribution in [-0.4, -0.2) is 18.5 Å². The summed E-state index contributed by atoms with van der Waals surface area (Å²) < 4.78 is 0. The Bertz CT molecular complexity index is 163. The predicted octanol–water partition coefficient (Wildman–Crippen LogP) is 2.09. The van der Waals surface area contributed by atoms with E-state index < -0.39 is 0 Å². The Morgan fingerprint density at radius 2 is 1.87 bits per heavy atom. The molecule has 92 valence electrons. The van der Waals surface area contributed by atoms with Gasteiger partial charge in [0.1, 0.15) is 0 Å². The number of amides is 1. The zero-order valence-electron chi connectivity index (χ0n) is 10.1. The van der Waals surface area contributed by atoms with E-state index in [2.05, 4.69) is 26.1 Å². The fraction of sp³-hybridized carbons (Fsp3) is 0.909. The highest BCUT2D eigenvalue weighted by molar-refractivity contribution is 5.85. The van der Waals surface area contributed by atoms with Crippen LogP contribution in [0, 0.1) is 5.92 Å². The Labute approximate surface area is 99.6 Å². The van der Waals surface area contributed by atoms with Gasteiger partial charge < -0.3 is 11.1 Å². The van der Waals surface area contributed by atoms with Crippen molar-refractivity contribution in [1.82, 2.24) is 5.32 Å². The van der Waals surface area contributed by atoms with E-state index in [9.17, 15) is 4.79 Å². The summed E-state index contributed by atoms with van der Waals surface area (Å²) in [6, 6.07) is 0.285. The standard InChI is InChI=1S/C11H24N2O.ClH/c1-9(2)5-4-6-10(3)13-11(14)7-8-12;/h9-10H,4-8,12H2,1-3H3,(H,13,14);1H. The molecule has 3 N–H and O–H groups in total. The van der Waals surface area contributed by atoms with Gasteiger partial charge in [-0.15, -0.1) is 12.4 Å². The second-order valence-electron chi connectivity index (χ2n) is 4.33. The molecular formula is C11H25ClN2O.